The van der Waals surface area contributed by atoms with Crippen LogP contribution in [0, 0.1) is 6.92 Å². The summed E-state index contributed by atoms with van der Waals surface area (Å²) in [5.74, 6) is -0.946. The van der Waals surface area contributed by atoms with Crippen LogP contribution < -0.4 is 5.32 Å². The molecule has 0 aliphatic heterocycles. The normalized spacial score (nSPS) is 11.8. The summed E-state index contributed by atoms with van der Waals surface area (Å²) in [6, 6.07) is 24.1. The zero-order valence-corrected chi connectivity index (χ0v) is 16.8. The molecule has 1 atom stereocenters. The van der Waals surface area contributed by atoms with Crippen LogP contribution in [-0.4, -0.2) is 16.4 Å². The van der Waals surface area contributed by atoms with Gasteiger partial charge in [-0.05, 0) is 25.1 Å². The van der Waals surface area contributed by atoms with Crippen molar-refractivity contribution >= 4 is 28.5 Å². The van der Waals surface area contributed by atoms with E-state index in [1.165, 1.54) is 0 Å². The molecule has 0 aliphatic carbocycles. The molecule has 1 N–H and O–H groups in total. The first kappa shape index (κ1) is 19.5. The number of anilines is 1. The molecule has 1 heterocycles. The number of esters is 1. The van der Waals surface area contributed by atoms with E-state index < -0.39 is 18.0 Å². The smallest absolute Gasteiger partial charge is 0.341 e. The van der Waals surface area contributed by atoms with Crippen molar-refractivity contribution in [2.24, 2.45) is 7.05 Å². The molecule has 150 valence electrons. The van der Waals surface area contributed by atoms with Crippen LogP contribution in [0.4, 0.5) is 5.69 Å². The zero-order chi connectivity index (χ0) is 21.1. The minimum Gasteiger partial charge on any atom is -0.444 e. The Morgan fingerprint density at radius 1 is 0.900 bits per heavy atom. The third kappa shape index (κ3) is 3.96. The highest BCUT2D eigenvalue weighted by Gasteiger charge is 2.27. The van der Waals surface area contributed by atoms with Crippen LogP contribution >= 0.6 is 0 Å². The second-order valence-corrected chi connectivity index (χ2v) is 7.22. The second kappa shape index (κ2) is 8.25. The van der Waals surface area contributed by atoms with Gasteiger partial charge in [0.15, 0.2) is 0 Å². The molecule has 1 amide bonds. The molecule has 1 aromatic heterocycles. The number of para-hydroxylation sites is 1. The number of aromatic nitrogens is 1. The van der Waals surface area contributed by atoms with Gasteiger partial charge in [0.05, 0.1) is 5.56 Å². The van der Waals surface area contributed by atoms with Gasteiger partial charge in [-0.2, -0.15) is 0 Å². The van der Waals surface area contributed by atoms with E-state index in [0.717, 1.165) is 16.5 Å². The van der Waals surface area contributed by atoms with E-state index in [-0.39, 0.29) is 0 Å². The van der Waals surface area contributed by atoms with Crippen molar-refractivity contribution < 1.29 is 14.3 Å². The number of carbonyl (C=O) groups excluding carboxylic acids is 2. The summed E-state index contributed by atoms with van der Waals surface area (Å²) in [7, 11) is 1.87. The average Bonchev–Trinajstić information content (AvgIpc) is 3.11. The molecule has 0 radical (unpaired) electrons. The lowest BCUT2D eigenvalue weighted by molar-refractivity contribution is -0.125. The zero-order valence-electron chi connectivity index (χ0n) is 16.8. The van der Waals surface area contributed by atoms with Gasteiger partial charge in [0, 0.05) is 35.4 Å². The van der Waals surface area contributed by atoms with Gasteiger partial charge in [-0.15, -0.1) is 0 Å². The number of hydrogen-bond acceptors (Lipinski definition) is 3. The molecule has 0 saturated heterocycles. The number of carbonyl (C=O) groups is 2. The van der Waals surface area contributed by atoms with Crippen LogP contribution in [0.15, 0.2) is 85.1 Å². The highest BCUT2D eigenvalue weighted by atomic mass is 16.5. The lowest BCUT2D eigenvalue weighted by atomic mass is 10.1. The van der Waals surface area contributed by atoms with Crippen LogP contribution in [0.25, 0.3) is 10.9 Å². The molecule has 1 unspecified atom stereocenters. The van der Waals surface area contributed by atoms with Crippen LogP contribution in [0.2, 0.25) is 0 Å². The highest BCUT2D eigenvalue weighted by Crippen LogP contribution is 2.26. The maximum atomic E-state index is 13.0. The molecule has 0 saturated carbocycles. The van der Waals surface area contributed by atoms with Crippen molar-refractivity contribution in [1.82, 2.24) is 4.57 Å². The Kier molecular flexibility index (Phi) is 5.35. The number of aryl methyl sites for hydroxylation is 2. The summed E-state index contributed by atoms with van der Waals surface area (Å²) in [6.07, 6.45) is 0.659. The molecule has 0 aliphatic rings. The van der Waals surface area contributed by atoms with E-state index >= 15 is 0 Å². The molecule has 3 aromatic carbocycles. The van der Waals surface area contributed by atoms with Crippen LogP contribution in [0.5, 0.6) is 0 Å². The lowest BCUT2D eigenvalue weighted by Gasteiger charge is -2.18. The summed E-state index contributed by atoms with van der Waals surface area (Å²) < 4.78 is 7.61. The molecular formula is C25H22N2O3. The molecule has 5 nitrogen and oxygen atoms in total. The average molecular weight is 398 g/mol. The highest BCUT2D eigenvalue weighted by molar-refractivity contribution is 6.05. The first-order valence-corrected chi connectivity index (χ1v) is 9.70. The molecule has 4 rings (SSSR count). The third-order valence-corrected chi connectivity index (χ3v) is 5.00. The predicted molar refractivity (Wildman–Crippen MR) is 117 cm³/mol. The first-order chi connectivity index (χ1) is 14.5. The maximum Gasteiger partial charge on any atom is 0.341 e. The first-order valence-electron chi connectivity index (χ1n) is 9.70. The summed E-state index contributed by atoms with van der Waals surface area (Å²) in [5, 5.41) is 3.63. The Morgan fingerprint density at radius 2 is 1.57 bits per heavy atom. The molecule has 0 spiro atoms. The maximum absolute atomic E-state index is 13.0. The van der Waals surface area contributed by atoms with Gasteiger partial charge in [-0.25, -0.2) is 4.79 Å². The summed E-state index contributed by atoms with van der Waals surface area (Å²) in [5.41, 5.74) is 3.69. The van der Waals surface area contributed by atoms with Crippen LogP contribution in [0.1, 0.15) is 27.6 Å². The minimum absolute atomic E-state index is 0.404. The standard InChI is InChI=1S/C25H22N2O3/c1-17-12-14-19(15-13-17)26-24(28)23(18-8-4-3-5-9-18)30-25(29)21-16-27(2)22-11-7-6-10-20(21)22/h3-16,23H,1-2H3,(H,26,28). The number of benzene rings is 3. The predicted octanol–water partition coefficient (Wildman–Crippen LogP) is 5.02. The summed E-state index contributed by atoms with van der Waals surface area (Å²) in [6.45, 7) is 1.98. The fourth-order valence-corrected chi connectivity index (χ4v) is 3.42. The van der Waals surface area contributed by atoms with Crippen molar-refractivity contribution in [2.45, 2.75) is 13.0 Å². The Hall–Kier alpha value is -3.86. The molecule has 4 aromatic rings. The Morgan fingerprint density at radius 3 is 2.30 bits per heavy atom. The summed E-state index contributed by atoms with van der Waals surface area (Å²) >= 11 is 0. The van der Waals surface area contributed by atoms with Gasteiger partial charge in [0.2, 0.25) is 6.10 Å². The summed E-state index contributed by atoms with van der Waals surface area (Å²) in [4.78, 5) is 26.1. The van der Waals surface area contributed by atoms with Crippen molar-refractivity contribution in [2.75, 3.05) is 5.32 Å². The van der Waals surface area contributed by atoms with E-state index in [1.54, 1.807) is 18.3 Å². The van der Waals surface area contributed by atoms with Gasteiger partial charge < -0.3 is 14.6 Å². The lowest BCUT2D eigenvalue weighted by Crippen LogP contribution is -2.26. The monoisotopic (exact) mass is 398 g/mol. The van der Waals surface area contributed by atoms with Crippen molar-refractivity contribution in [3.05, 3.63) is 102 Å². The number of fused-ring (bicyclic) bond motifs is 1. The fourth-order valence-electron chi connectivity index (χ4n) is 3.42. The van der Waals surface area contributed by atoms with Crippen LogP contribution in [0.3, 0.4) is 0 Å². The quantitative estimate of drug-likeness (QED) is 0.480. The number of amides is 1. The topological polar surface area (TPSA) is 60.3 Å². The largest absolute Gasteiger partial charge is 0.444 e. The Bertz CT molecular complexity index is 1190. The van der Waals surface area contributed by atoms with Gasteiger partial charge in [-0.3, -0.25) is 4.79 Å². The Labute approximate surface area is 174 Å². The molecule has 0 bridgehead atoms. The number of ether oxygens (including phenoxy) is 1. The molecule has 30 heavy (non-hydrogen) atoms. The van der Waals surface area contributed by atoms with E-state index in [1.807, 2.05) is 85.3 Å². The van der Waals surface area contributed by atoms with Crippen molar-refractivity contribution in [3.8, 4) is 0 Å². The third-order valence-electron chi connectivity index (χ3n) is 5.00. The number of nitrogens with one attached hydrogen (secondary N) is 1. The number of rotatable bonds is 5. The van der Waals surface area contributed by atoms with E-state index in [4.69, 9.17) is 4.74 Å². The molecule has 0 fully saturated rings. The van der Waals surface area contributed by atoms with E-state index in [9.17, 15) is 9.59 Å². The minimum atomic E-state index is -1.07. The van der Waals surface area contributed by atoms with Crippen molar-refractivity contribution in [1.29, 1.82) is 0 Å². The second-order valence-electron chi connectivity index (χ2n) is 7.22. The van der Waals surface area contributed by atoms with Gasteiger partial charge in [0.1, 0.15) is 0 Å². The van der Waals surface area contributed by atoms with Crippen molar-refractivity contribution in [3.63, 3.8) is 0 Å². The molecular weight excluding hydrogens is 376 g/mol. The molecule has 5 heteroatoms. The van der Waals surface area contributed by atoms with E-state index in [0.29, 0.717) is 16.8 Å². The SMILES string of the molecule is Cc1ccc(NC(=O)C(OC(=O)c2cn(C)c3ccccc23)c2ccccc2)cc1. The fraction of sp³-hybridized carbons (Fsp3) is 0.120. The number of nitrogens with zero attached hydrogens (tertiary/aromatic N) is 1. The van der Waals surface area contributed by atoms with E-state index in [2.05, 4.69) is 5.32 Å². The van der Waals surface area contributed by atoms with Crippen LogP contribution in [-0.2, 0) is 16.6 Å². The van der Waals surface area contributed by atoms with Gasteiger partial charge in [0.25, 0.3) is 5.91 Å². The number of hydrogen-bond donors (Lipinski definition) is 1. The van der Waals surface area contributed by atoms with Gasteiger partial charge in [-0.1, -0.05) is 66.2 Å². The van der Waals surface area contributed by atoms with Gasteiger partial charge >= 0.3 is 5.97 Å². The Balaban J connectivity index is 1.63.